The number of halogens is 1. The SMILES string of the molecule is N#Cc1ccc(C[C@H](NC(=O)CCl)C(=O)N2CCCC[C@H]2C(=O)N[C@@H](Cc2c[nH]c3ccccc23)C(N)=O)cc1. The zero-order valence-electron chi connectivity index (χ0n) is 21.9. The summed E-state index contributed by atoms with van der Waals surface area (Å²) in [5.41, 5.74) is 8.62. The van der Waals surface area contributed by atoms with Crippen molar-refractivity contribution >= 4 is 46.1 Å². The highest BCUT2D eigenvalue weighted by molar-refractivity contribution is 6.27. The number of nitrogens with one attached hydrogen (secondary N) is 3. The van der Waals surface area contributed by atoms with Gasteiger partial charge in [0.05, 0.1) is 11.6 Å². The van der Waals surface area contributed by atoms with Crippen molar-refractivity contribution in [2.24, 2.45) is 5.73 Å². The molecule has 0 aliphatic carbocycles. The number of nitrogens with two attached hydrogens (primary N) is 1. The second-order valence-electron chi connectivity index (χ2n) is 9.84. The van der Waals surface area contributed by atoms with E-state index in [0.717, 1.165) is 28.5 Å². The van der Waals surface area contributed by atoms with Gasteiger partial charge in [0, 0.05) is 36.5 Å². The molecule has 0 bridgehead atoms. The summed E-state index contributed by atoms with van der Waals surface area (Å²) >= 11 is 5.71. The first-order chi connectivity index (χ1) is 19.3. The molecule has 3 aromatic rings. The number of nitrogens with zero attached hydrogens (tertiary/aromatic N) is 2. The number of aromatic nitrogens is 1. The van der Waals surface area contributed by atoms with Gasteiger partial charge in [0.2, 0.25) is 23.6 Å². The van der Waals surface area contributed by atoms with Crippen LogP contribution >= 0.6 is 11.6 Å². The maximum Gasteiger partial charge on any atom is 0.246 e. The van der Waals surface area contributed by atoms with Crippen LogP contribution < -0.4 is 16.4 Å². The van der Waals surface area contributed by atoms with Gasteiger partial charge in [-0.3, -0.25) is 19.2 Å². The molecule has 1 saturated heterocycles. The minimum Gasteiger partial charge on any atom is -0.368 e. The van der Waals surface area contributed by atoms with E-state index in [1.54, 1.807) is 30.5 Å². The smallest absolute Gasteiger partial charge is 0.246 e. The van der Waals surface area contributed by atoms with Crippen LogP contribution in [-0.2, 0) is 32.0 Å². The van der Waals surface area contributed by atoms with Crippen LogP contribution in [0.2, 0.25) is 0 Å². The lowest BCUT2D eigenvalue weighted by atomic mass is 9.97. The topological polar surface area (TPSA) is 161 Å². The third kappa shape index (κ3) is 6.79. The minimum absolute atomic E-state index is 0.155. The van der Waals surface area contributed by atoms with E-state index < -0.39 is 41.8 Å². The van der Waals surface area contributed by atoms with Crippen molar-refractivity contribution in [2.45, 2.75) is 50.2 Å². The van der Waals surface area contributed by atoms with Gasteiger partial charge >= 0.3 is 0 Å². The fourth-order valence-electron chi connectivity index (χ4n) is 5.06. The molecule has 11 heteroatoms. The number of hydrogen-bond acceptors (Lipinski definition) is 5. The molecule has 10 nitrogen and oxygen atoms in total. The van der Waals surface area contributed by atoms with Crippen molar-refractivity contribution in [1.82, 2.24) is 20.5 Å². The van der Waals surface area contributed by atoms with Crippen molar-refractivity contribution in [3.63, 3.8) is 0 Å². The van der Waals surface area contributed by atoms with Crippen LogP contribution in [0.1, 0.15) is 36.0 Å². The standard InChI is InChI=1S/C29H31ClN6O4/c30-15-26(37)34-24(13-18-8-10-19(16-31)11-9-18)29(40)36-12-4-3-7-25(36)28(39)35-23(27(32)38)14-20-17-33-22-6-2-1-5-21(20)22/h1-2,5-6,8-11,17,23-25,33H,3-4,7,12-15H2,(H2,32,38)(H,34,37)(H,35,39)/t23-,24-,25-/m0/s1. The molecular weight excluding hydrogens is 532 g/mol. The summed E-state index contributed by atoms with van der Waals surface area (Å²) in [6.07, 6.45) is 3.96. The Hall–Kier alpha value is -4.36. The molecule has 0 unspecified atom stereocenters. The largest absolute Gasteiger partial charge is 0.368 e. The zero-order valence-corrected chi connectivity index (χ0v) is 22.6. The maximum absolute atomic E-state index is 13.8. The summed E-state index contributed by atoms with van der Waals surface area (Å²) in [7, 11) is 0. The zero-order chi connectivity index (χ0) is 28.6. The lowest BCUT2D eigenvalue weighted by molar-refractivity contribution is -0.145. The maximum atomic E-state index is 13.8. The average Bonchev–Trinajstić information content (AvgIpc) is 3.39. The minimum atomic E-state index is -0.976. The van der Waals surface area contributed by atoms with Crippen LogP contribution in [0.25, 0.3) is 10.9 Å². The number of para-hydroxylation sites is 1. The van der Waals surface area contributed by atoms with Gasteiger partial charge in [0.25, 0.3) is 0 Å². The highest BCUT2D eigenvalue weighted by atomic mass is 35.5. The second-order valence-corrected chi connectivity index (χ2v) is 10.1. The number of amides is 4. The van der Waals surface area contributed by atoms with Crippen LogP contribution in [-0.4, -0.2) is 64.1 Å². The average molecular weight is 563 g/mol. The molecule has 2 aromatic carbocycles. The van der Waals surface area contributed by atoms with Crippen LogP contribution in [0, 0.1) is 11.3 Å². The van der Waals surface area contributed by atoms with Crippen LogP contribution in [0.5, 0.6) is 0 Å². The van der Waals surface area contributed by atoms with Gasteiger partial charge in [-0.05, 0) is 48.6 Å². The fourth-order valence-corrected chi connectivity index (χ4v) is 5.14. The molecule has 1 aliphatic heterocycles. The molecule has 40 heavy (non-hydrogen) atoms. The molecule has 1 aliphatic rings. The number of likely N-dealkylation sites (tertiary alicyclic amines) is 1. The molecule has 1 fully saturated rings. The third-order valence-electron chi connectivity index (χ3n) is 7.12. The molecule has 0 radical (unpaired) electrons. The number of carbonyl (C=O) groups is 4. The summed E-state index contributed by atoms with van der Waals surface area (Å²) in [4.78, 5) is 56.4. The first kappa shape index (κ1) is 28.6. The Morgan fingerprint density at radius 1 is 1.05 bits per heavy atom. The van der Waals surface area contributed by atoms with E-state index in [0.29, 0.717) is 24.9 Å². The van der Waals surface area contributed by atoms with Crippen LogP contribution in [0.15, 0.2) is 54.7 Å². The normalized spacial score (nSPS) is 16.5. The lowest BCUT2D eigenvalue weighted by Gasteiger charge is -2.37. The molecule has 1 aromatic heterocycles. The highest BCUT2D eigenvalue weighted by Gasteiger charge is 2.37. The van der Waals surface area contributed by atoms with Crippen LogP contribution in [0.3, 0.4) is 0 Å². The first-order valence-electron chi connectivity index (χ1n) is 13.1. The number of aromatic amines is 1. The number of hydrogen-bond donors (Lipinski definition) is 4. The van der Waals surface area contributed by atoms with E-state index in [-0.39, 0.29) is 18.7 Å². The van der Waals surface area contributed by atoms with E-state index in [2.05, 4.69) is 15.6 Å². The Bertz CT molecular complexity index is 1430. The molecule has 4 amide bonds. The van der Waals surface area contributed by atoms with E-state index >= 15 is 0 Å². The van der Waals surface area contributed by atoms with Gasteiger partial charge in [-0.2, -0.15) is 5.26 Å². The Morgan fingerprint density at radius 3 is 2.50 bits per heavy atom. The predicted octanol–water partition coefficient (Wildman–Crippen LogP) is 1.90. The Balaban J connectivity index is 1.51. The summed E-state index contributed by atoms with van der Waals surface area (Å²) in [5.74, 6) is -2.41. The number of alkyl halides is 1. The van der Waals surface area contributed by atoms with E-state index in [1.165, 1.54) is 4.90 Å². The van der Waals surface area contributed by atoms with Gasteiger partial charge in [-0.25, -0.2) is 0 Å². The van der Waals surface area contributed by atoms with Crippen molar-refractivity contribution in [3.05, 3.63) is 71.4 Å². The van der Waals surface area contributed by atoms with Gasteiger partial charge < -0.3 is 26.3 Å². The summed E-state index contributed by atoms with van der Waals surface area (Å²) in [6, 6.07) is 13.6. The number of benzene rings is 2. The number of carbonyl (C=O) groups excluding carboxylic acids is 4. The van der Waals surface area contributed by atoms with Crippen molar-refractivity contribution in [3.8, 4) is 6.07 Å². The monoisotopic (exact) mass is 562 g/mol. The molecule has 2 heterocycles. The molecule has 3 atom stereocenters. The highest BCUT2D eigenvalue weighted by Crippen LogP contribution is 2.22. The van der Waals surface area contributed by atoms with Gasteiger partial charge in [0.1, 0.15) is 24.0 Å². The molecule has 0 spiro atoms. The Labute approximate surface area is 236 Å². The molecule has 5 N–H and O–H groups in total. The number of primary amides is 1. The first-order valence-corrected chi connectivity index (χ1v) is 13.6. The number of piperidine rings is 1. The second kappa shape index (κ2) is 13.1. The van der Waals surface area contributed by atoms with Crippen molar-refractivity contribution < 1.29 is 19.2 Å². The van der Waals surface area contributed by atoms with E-state index in [4.69, 9.17) is 22.6 Å². The summed E-state index contributed by atoms with van der Waals surface area (Å²) in [6.45, 7) is 0.321. The lowest BCUT2D eigenvalue weighted by Crippen LogP contribution is -2.60. The van der Waals surface area contributed by atoms with Crippen molar-refractivity contribution in [2.75, 3.05) is 12.4 Å². The fraction of sp³-hybridized carbons (Fsp3) is 0.345. The summed E-state index contributed by atoms with van der Waals surface area (Å²) < 4.78 is 0. The molecular formula is C29H31ClN6O4. The third-order valence-corrected chi connectivity index (χ3v) is 7.37. The Kier molecular flexibility index (Phi) is 9.40. The molecule has 0 saturated carbocycles. The van der Waals surface area contributed by atoms with E-state index in [1.807, 2.05) is 30.3 Å². The molecule has 208 valence electrons. The predicted molar refractivity (Wildman–Crippen MR) is 150 cm³/mol. The van der Waals surface area contributed by atoms with Gasteiger partial charge in [-0.1, -0.05) is 30.3 Å². The number of nitriles is 1. The van der Waals surface area contributed by atoms with Gasteiger partial charge in [-0.15, -0.1) is 11.6 Å². The van der Waals surface area contributed by atoms with E-state index in [9.17, 15) is 19.2 Å². The summed E-state index contributed by atoms with van der Waals surface area (Å²) in [5, 5.41) is 15.4. The number of rotatable bonds is 10. The van der Waals surface area contributed by atoms with Crippen molar-refractivity contribution in [1.29, 1.82) is 5.26 Å². The number of fused-ring (bicyclic) bond motifs is 1. The quantitative estimate of drug-likeness (QED) is 0.277. The molecule has 4 rings (SSSR count). The van der Waals surface area contributed by atoms with Gasteiger partial charge in [0.15, 0.2) is 0 Å². The Morgan fingerprint density at radius 2 is 1.80 bits per heavy atom. The van der Waals surface area contributed by atoms with Crippen LogP contribution in [0.4, 0.5) is 0 Å². The number of H-pyrrole nitrogens is 1.